The number of benzene rings is 2. The molecule has 1 aliphatic heterocycles. The summed E-state index contributed by atoms with van der Waals surface area (Å²) in [6.07, 6.45) is 0.831. The van der Waals surface area contributed by atoms with Gasteiger partial charge in [0.25, 0.3) is 5.91 Å². The number of rotatable bonds is 3. The van der Waals surface area contributed by atoms with Crippen LogP contribution in [0.4, 0.5) is 20.6 Å². The van der Waals surface area contributed by atoms with Crippen LogP contribution < -0.4 is 15.5 Å². The van der Waals surface area contributed by atoms with Gasteiger partial charge in [-0.15, -0.1) is 0 Å². The number of halogens is 2. The van der Waals surface area contributed by atoms with Crippen LogP contribution in [-0.4, -0.2) is 25.0 Å². The van der Waals surface area contributed by atoms with E-state index in [9.17, 15) is 14.0 Å². The molecule has 5 nitrogen and oxygen atoms in total. The second kappa shape index (κ2) is 6.88. The number of nitrogens with zero attached hydrogens (tertiary/aromatic N) is 1. The number of carbonyl (C=O) groups is 2. The molecule has 2 N–H and O–H groups in total. The van der Waals surface area contributed by atoms with Gasteiger partial charge in [0.15, 0.2) is 0 Å². The van der Waals surface area contributed by atoms with Crippen LogP contribution in [0, 0.1) is 5.82 Å². The van der Waals surface area contributed by atoms with Crippen LogP contribution in [0.3, 0.4) is 0 Å². The number of nitrogens with one attached hydrogen (secondary N) is 2. The van der Waals surface area contributed by atoms with Gasteiger partial charge in [-0.05, 0) is 42.8 Å². The molecule has 0 spiro atoms. The molecular weight excluding hydrogens is 333 g/mol. The van der Waals surface area contributed by atoms with Gasteiger partial charge in [0.05, 0.1) is 5.69 Å². The number of amides is 3. The largest absolute Gasteiger partial charge is 0.338 e. The Labute approximate surface area is 143 Å². The second-order valence-electron chi connectivity index (χ2n) is 5.37. The van der Waals surface area contributed by atoms with Gasteiger partial charge in [-0.1, -0.05) is 17.7 Å². The molecule has 1 fully saturated rings. The Morgan fingerprint density at radius 3 is 2.83 bits per heavy atom. The van der Waals surface area contributed by atoms with Gasteiger partial charge in [-0.25, -0.2) is 9.18 Å². The minimum absolute atomic E-state index is 0.0468. The molecule has 2 aromatic rings. The smallest absolute Gasteiger partial charge is 0.321 e. The number of anilines is 2. The lowest BCUT2D eigenvalue weighted by molar-refractivity contribution is 0.102. The highest BCUT2D eigenvalue weighted by Crippen LogP contribution is 2.22. The zero-order chi connectivity index (χ0) is 17.1. The maximum Gasteiger partial charge on any atom is 0.321 e. The summed E-state index contributed by atoms with van der Waals surface area (Å²) in [5.41, 5.74) is 1.00. The Morgan fingerprint density at radius 1 is 1.25 bits per heavy atom. The molecule has 0 bridgehead atoms. The summed E-state index contributed by atoms with van der Waals surface area (Å²) >= 11 is 5.69. The zero-order valence-corrected chi connectivity index (χ0v) is 13.4. The summed E-state index contributed by atoms with van der Waals surface area (Å²) in [5.74, 6) is -1.07. The topological polar surface area (TPSA) is 61.4 Å². The highest BCUT2D eigenvalue weighted by molar-refractivity contribution is 6.30. The second-order valence-corrected chi connectivity index (χ2v) is 5.80. The maximum atomic E-state index is 13.8. The van der Waals surface area contributed by atoms with Crippen molar-refractivity contribution in [2.45, 2.75) is 6.42 Å². The molecule has 3 rings (SSSR count). The van der Waals surface area contributed by atoms with Crippen LogP contribution in [0.5, 0.6) is 0 Å². The highest BCUT2D eigenvalue weighted by Gasteiger charge is 2.20. The monoisotopic (exact) mass is 347 g/mol. The van der Waals surface area contributed by atoms with Crippen LogP contribution in [0.15, 0.2) is 42.5 Å². The Balaban J connectivity index is 1.80. The van der Waals surface area contributed by atoms with Crippen molar-refractivity contribution in [3.05, 3.63) is 58.9 Å². The van der Waals surface area contributed by atoms with Crippen LogP contribution in [0.25, 0.3) is 0 Å². The molecule has 7 heteroatoms. The van der Waals surface area contributed by atoms with Crippen molar-refractivity contribution < 1.29 is 14.0 Å². The first kappa shape index (κ1) is 16.3. The molecule has 0 aromatic heterocycles. The Kier molecular flexibility index (Phi) is 4.66. The SMILES string of the molecule is O=C(Nc1ccc(Cl)cc1F)c1cccc(N2CCCNC2=O)c1. The fourth-order valence-electron chi connectivity index (χ4n) is 2.48. The van der Waals surface area contributed by atoms with Crippen molar-refractivity contribution in [2.24, 2.45) is 0 Å². The molecular formula is C17H15ClFN3O2. The summed E-state index contributed by atoms with van der Waals surface area (Å²) in [6.45, 7) is 1.23. The van der Waals surface area contributed by atoms with E-state index in [1.54, 1.807) is 29.2 Å². The standard InChI is InChI=1S/C17H15ClFN3O2/c18-12-5-6-15(14(19)10-12)21-16(23)11-3-1-4-13(9-11)22-8-2-7-20-17(22)24/h1,3-6,9-10H,2,7-8H2,(H,20,24)(H,21,23). The van der Waals surface area contributed by atoms with Crippen LogP contribution in [0.2, 0.25) is 5.02 Å². The summed E-state index contributed by atoms with van der Waals surface area (Å²) in [5, 5.41) is 5.51. The third-order valence-electron chi connectivity index (χ3n) is 3.68. The van der Waals surface area contributed by atoms with Crippen LogP contribution in [-0.2, 0) is 0 Å². The van der Waals surface area contributed by atoms with Gasteiger partial charge in [-0.2, -0.15) is 0 Å². The van der Waals surface area contributed by atoms with E-state index in [0.29, 0.717) is 24.3 Å². The summed E-state index contributed by atoms with van der Waals surface area (Å²) in [7, 11) is 0. The van der Waals surface area contributed by atoms with E-state index in [1.807, 2.05) is 0 Å². The molecule has 0 radical (unpaired) electrons. The average Bonchev–Trinajstić information content (AvgIpc) is 2.58. The molecule has 1 saturated heterocycles. The van der Waals surface area contributed by atoms with E-state index < -0.39 is 11.7 Å². The molecule has 3 amide bonds. The molecule has 0 aliphatic carbocycles. The lowest BCUT2D eigenvalue weighted by atomic mass is 10.1. The number of hydrogen-bond acceptors (Lipinski definition) is 2. The molecule has 1 heterocycles. The first-order valence-corrected chi connectivity index (χ1v) is 7.84. The predicted molar refractivity (Wildman–Crippen MR) is 91.2 cm³/mol. The number of carbonyl (C=O) groups excluding carboxylic acids is 2. The van der Waals surface area contributed by atoms with Crippen LogP contribution >= 0.6 is 11.6 Å². The van der Waals surface area contributed by atoms with Crippen molar-refractivity contribution in [3.8, 4) is 0 Å². The van der Waals surface area contributed by atoms with E-state index in [-0.39, 0.29) is 16.7 Å². The first-order chi connectivity index (χ1) is 11.5. The van der Waals surface area contributed by atoms with E-state index in [4.69, 9.17) is 11.6 Å². The number of hydrogen-bond donors (Lipinski definition) is 2. The number of urea groups is 1. The van der Waals surface area contributed by atoms with E-state index >= 15 is 0 Å². The lowest BCUT2D eigenvalue weighted by Crippen LogP contribution is -2.46. The Morgan fingerprint density at radius 2 is 2.08 bits per heavy atom. The zero-order valence-electron chi connectivity index (χ0n) is 12.7. The Hall–Kier alpha value is -2.60. The van der Waals surface area contributed by atoms with Gasteiger partial charge in [0.2, 0.25) is 0 Å². The Bertz CT molecular complexity index is 797. The summed E-state index contributed by atoms with van der Waals surface area (Å²) < 4.78 is 13.8. The van der Waals surface area contributed by atoms with Crippen molar-refractivity contribution in [1.29, 1.82) is 0 Å². The minimum Gasteiger partial charge on any atom is -0.338 e. The molecule has 2 aromatic carbocycles. The molecule has 0 saturated carbocycles. The van der Waals surface area contributed by atoms with Gasteiger partial charge < -0.3 is 10.6 Å². The van der Waals surface area contributed by atoms with Gasteiger partial charge >= 0.3 is 6.03 Å². The maximum absolute atomic E-state index is 13.8. The van der Waals surface area contributed by atoms with Crippen LogP contribution in [0.1, 0.15) is 16.8 Å². The minimum atomic E-state index is -0.609. The molecule has 124 valence electrons. The predicted octanol–water partition coefficient (Wildman–Crippen LogP) is 3.65. The molecule has 0 unspecified atom stereocenters. The van der Waals surface area contributed by atoms with Gasteiger partial charge in [-0.3, -0.25) is 9.69 Å². The molecule has 0 atom stereocenters. The van der Waals surface area contributed by atoms with E-state index in [2.05, 4.69) is 10.6 Å². The van der Waals surface area contributed by atoms with Crippen molar-refractivity contribution in [1.82, 2.24) is 5.32 Å². The van der Waals surface area contributed by atoms with E-state index in [1.165, 1.54) is 12.1 Å². The third kappa shape index (κ3) is 3.49. The first-order valence-electron chi connectivity index (χ1n) is 7.46. The fraction of sp³-hybridized carbons (Fsp3) is 0.176. The highest BCUT2D eigenvalue weighted by atomic mass is 35.5. The van der Waals surface area contributed by atoms with E-state index in [0.717, 1.165) is 12.5 Å². The summed E-state index contributed by atoms with van der Waals surface area (Å²) in [6, 6.07) is 10.5. The lowest BCUT2D eigenvalue weighted by Gasteiger charge is -2.27. The summed E-state index contributed by atoms with van der Waals surface area (Å²) in [4.78, 5) is 25.8. The molecule has 1 aliphatic rings. The quantitative estimate of drug-likeness (QED) is 0.890. The van der Waals surface area contributed by atoms with Crippen molar-refractivity contribution in [3.63, 3.8) is 0 Å². The fourth-order valence-corrected chi connectivity index (χ4v) is 2.63. The van der Waals surface area contributed by atoms with Gasteiger partial charge in [0, 0.05) is 29.4 Å². The molecule has 24 heavy (non-hydrogen) atoms. The average molecular weight is 348 g/mol. The third-order valence-corrected chi connectivity index (χ3v) is 3.91. The normalized spacial score (nSPS) is 14.2. The van der Waals surface area contributed by atoms with Crippen molar-refractivity contribution >= 4 is 34.9 Å². The van der Waals surface area contributed by atoms with Crippen molar-refractivity contribution in [2.75, 3.05) is 23.3 Å². The van der Waals surface area contributed by atoms with Gasteiger partial charge in [0.1, 0.15) is 5.82 Å².